The van der Waals surface area contributed by atoms with Crippen LogP contribution in [0.15, 0.2) is 42.5 Å². The Morgan fingerprint density at radius 2 is 1.68 bits per heavy atom. The van der Waals surface area contributed by atoms with Crippen LogP contribution in [0.2, 0.25) is 0 Å². The zero-order valence-corrected chi connectivity index (χ0v) is 17.3. The van der Waals surface area contributed by atoms with E-state index in [4.69, 9.17) is 4.74 Å². The quantitative estimate of drug-likeness (QED) is 0.689. The molecule has 0 radical (unpaired) electrons. The van der Waals surface area contributed by atoms with Gasteiger partial charge in [0.2, 0.25) is 5.88 Å². The van der Waals surface area contributed by atoms with Crippen LogP contribution >= 0.6 is 0 Å². The van der Waals surface area contributed by atoms with Crippen molar-refractivity contribution < 1.29 is 4.74 Å². The van der Waals surface area contributed by atoms with E-state index in [9.17, 15) is 0 Å². The number of methoxy groups -OCH3 is 1. The van der Waals surface area contributed by atoms with Crippen LogP contribution < -0.4 is 4.74 Å². The van der Waals surface area contributed by atoms with Crippen molar-refractivity contribution >= 4 is 0 Å². The zero-order valence-electron chi connectivity index (χ0n) is 17.3. The van der Waals surface area contributed by atoms with Gasteiger partial charge in [0.25, 0.3) is 0 Å². The Bertz CT molecular complexity index is 749. The third-order valence-electron chi connectivity index (χ3n) is 6.19. The molecule has 2 aromatic rings. The molecule has 1 saturated heterocycles. The lowest BCUT2D eigenvalue weighted by Crippen LogP contribution is -2.30. The first-order valence-electron chi connectivity index (χ1n) is 10.7. The number of piperidine rings is 1. The summed E-state index contributed by atoms with van der Waals surface area (Å²) < 4.78 is 5.28. The number of nitrogens with zero attached hydrogens (tertiary/aromatic N) is 3. The van der Waals surface area contributed by atoms with E-state index in [-0.39, 0.29) is 0 Å². The molecule has 4 heteroatoms. The van der Waals surface area contributed by atoms with Crippen molar-refractivity contribution in [1.82, 2.24) is 14.8 Å². The Balaban J connectivity index is 1.35. The first kappa shape index (κ1) is 19.4. The summed E-state index contributed by atoms with van der Waals surface area (Å²) in [5.74, 6) is 1.55. The fourth-order valence-electron chi connectivity index (χ4n) is 4.24. The van der Waals surface area contributed by atoms with Crippen LogP contribution in [0.4, 0.5) is 0 Å². The van der Waals surface area contributed by atoms with Crippen molar-refractivity contribution in [2.75, 3.05) is 27.2 Å². The lowest BCUT2D eigenvalue weighted by molar-refractivity contribution is 0.219. The number of pyridine rings is 1. The molecule has 2 fully saturated rings. The van der Waals surface area contributed by atoms with Gasteiger partial charge in [-0.1, -0.05) is 30.3 Å². The third kappa shape index (κ3) is 5.33. The third-order valence-corrected chi connectivity index (χ3v) is 6.19. The monoisotopic (exact) mass is 379 g/mol. The van der Waals surface area contributed by atoms with Gasteiger partial charge >= 0.3 is 0 Å². The number of likely N-dealkylation sites (tertiary alicyclic amines) is 1. The van der Waals surface area contributed by atoms with Gasteiger partial charge in [0.05, 0.1) is 12.8 Å². The second kappa shape index (κ2) is 9.06. The Morgan fingerprint density at radius 1 is 0.964 bits per heavy atom. The zero-order chi connectivity index (χ0) is 19.3. The summed E-state index contributed by atoms with van der Waals surface area (Å²) in [5, 5.41) is 0. The Hall–Kier alpha value is -1.91. The molecule has 0 atom stereocenters. The number of aromatic nitrogens is 1. The number of ether oxygens (including phenoxy) is 1. The number of hydrogen-bond acceptors (Lipinski definition) is 4. The van der Waals surface area contributed by atoms with Crippen molar-refractivity contribution in [3.63, 3.8) is 0 Å². The average molecular weight is 380 g/mol. The first-order chi connectivity index (χ1) is 13.7. The Labute approximate surface area is 169 Å². The highest BCUT2D eigenvalue weighted by Crippen LogP contribution is 2.30. The minimum absolute atomic E-state index is 0.700. The Morgan fingerprint density at radius 3 is 2.36 bits per heavy atom. The van der Waals surface area contributed by atoms with E-state index >= 15 is 0 Å². The summed E-state index contributed by atoms with van der Waals surface area (Å²) in [6.45, 7) is 4.38. The van der Waals surface area contributed by atoms with Gasteiger partial charge in [-0.05, 0) is 75.4 Å². The summed E-state index contributed by atoms with van der Waals surface area (Å²) in [5.41, 5.74) is 3.98. The van der Waals surface area contributed by atoms with Gasteiger partial charge in [-0.15, -0.1) is 0 Å². The molecule has 0 N–H and O–H groups in total. The van der Waals surface area contributed by atoms with E-state index < -0.39 is 0 Å². The normalized spacial score (nSPS) is 18.5. The van der Waals surface area contributed by atoms with Gasteiger partial charge in [0.1, 0.15) is 0 Å². The molecule has 0 bridgehead atoms. The molecule has 4 rings (SSSR count). The predicted octanol–water partition coefficient (Wildman–Crippen LogP) is 4.14. The van der Waals surface area contributed by atoms with Crippen molar-refractivity contribution in [2.45, 2.75) is 51.2 Å². The molecule has 150 valence electrons. The maximum atomic E-state index is 5.28. The van der Waals surface area contributed by atoms with Gasteiger partial charge in [-0.3, -0.25) is 4.90 Å². The molecule has 0 unspecified atom stereocenters. The molecule has 2 aliphatic rings. The molecule has 0 spiro atoms. The lowest BCUT2D eigenvalue weighted by atomic mass is 9.90. The van der Waals surface area contributed by atoms with Crippen molar-refractivity contribution in [3.05, 3.63) is 59.3 Å². The molecule has 28 heavy (non-hydrogen) atoms. The van der Waals surface area contributed by atoms with Crippen LogP contribution in [-0.2, 0) is 19.5 Å². The minimum Gasteiger partial charge on any atom is -0.481 e. The highest BCUT2D eigenvalue weighted by Gasteiger charge is 2.29. The highest BCUT2D eigenvalue weighted by molar-refractivity contribution is 5.23. The van der Waals surface area contributed by atoms with Gasteiger partial charge in [-0.25, -0.2) is 4.98 Å². The summed E-state index contributed by atoms with van der Waals surface area (Å²) in [6.07, 6.45) is 6.51. The van der Waals surface area contributed by atoms with Crippen LogP contribution in [0.3, 0.4) is 0 Å². The average Bonchev–Trinajstić information content (AvgIpc) is 3.56. The van der Waals surface area contributed by atoms with Crippen molar-refractivity contribution in [3.8, 4) is 5.88 Å². The summed E-state index contributed by atoms with van der Waals surface area (Å²) in [7, 11) is 3.91. The van der Waals surface area contributed by atoms with Gasteiger partial charge < -0.3 is 9.64 Å². The van der Waals surface area contributed by atoms with Gasteiger partial charge in [0.15, 0.2) is 0 Å². The molecule has 1 aromatic carbocycles. The van der Waals surface area contributed by atoms with E-state index in [2.05, 4.69) is 52.2 Å². The number of rotatable bonds is 8. The standard InChI is InChI=1S/C24H33N3O/c1-26-14-12-20(13-15-26)16-19-6-8-21(9-7-19)17-27(23-10-11-23)18-22-4-3-5-24(25-22)28-2/h3-9,20,23H,10-18H2,1-2H3. The van der Waals surface area contributed by atoms with E-state index in [0.717, 1.165) is 24.7 Å². The molecule has 1 aliphatic carbocycles. The summed E-state index contributed by atoms with van der Waals surface area (Å²) in [4.78, 5) is 9.61. The fraction of sp³-hybridized carbons (Fsp3) is 0.542. The largest absolute Gasteiger partial charge is 0.481 e. The smallest absolute Gasteiger partial charge is 0.213 e. The van der Waals surface area contributed by atoms with Crippen LogP contribution in [0, 0.1) is 5.92 Å². The molecule has 2 heterocycles. The molecule has 0 amide bonds. The summed E-state index contributed by atoms with van der Waals surface area (Å²) in [6, 6.07) is 16.1. The number of benzene rings is 1. The van der Waals surface area contributed by atoms with E-state index in [1.165, 1.54) is 56.3 Å². The van der Waals surface area contributed by atoms with E-state index in [1.54, 1.807) is 7.11 Å². The topological polar surface area (TPSA) is 28.6 Å². The van der Waals surface area contributed by atoms with Crippen LogP contribution in [0.1, 0.15) is 42.5 Å². The van der Waals surface area contributed by atoms with Crippen LogP contribution in [0.25, 0.3) is 0 Å². The second-order valence-corrected chi connectivity index (χ2v) is 8.57. The van der Waals surface area contributed by atoms with E-state index in [0.29, 0.717) is 11.9 Å². The molecule has 1 aromatic heterocycles. The predicted molar refractivity (Wildman–Crippen MR) is 113 cm³/mol. The molecule has 1 saturated carbocycles. The maximum Gasteiger partial charge on any atom is 0.213 e. The van der Waals surface area contributed by atoms with Gasteiger partial charge in [0, 0.05) is 25.2 Å². The first-order valence-corrected chi connectivity index (χ1v) is 10.7. The second-order valence-electron chi connectivity index (χ2n) is 8.57. The SMILES string of the molecule is COc1cccc(CN(Cc2ccc(CC3CCN(C)CC3)cc2)C2CC2)n1. The highest BCUT2D eigenvalue weighted by atomic mass is 16.5. The van der Waals surface area contributed by atoms with Gasteiger partial charge in [-0.2, -0.15) is 0 Å². The maximum absolute atomic E-state index is 5.28. The molecular formula is C24H33N3O. The molecule has 1 aliphatic heterocycles. The Kier molecular flexibility index (Phi) is 6.28. The number of hydrogen-bond donors (Lipinski definition) is 0. The lowest BCUT2D eigenvalue weighted by Gasteiger charge is -2.29. The van der Waals surface area contributed by atoms with Crippen LogP contribution in [-0.4, -0.2) is 48.1 Å². The van der Waals surface area contributed by atoms with Crippen LogP contribution in [0.5, 0.6) is 5.88 Å². The fourth-order valence-corrected chi connectivity index (χ4v) is 4.24. The van der Waals surface area contributed by atoms with Crippen molar-refractivity contribution in [2.24, 2.45) is 5.92 Å². The molecular weight excluding hydrogens is 346 g/mol. The minimum atomic E-state index is 0.700. The van der Waals surface area contributed by atoms with E-state index in [1.807, 2.05) is 12.1 Å². The van der Waals surface area contributed by atoms with Crippen molar-refractivity contribution in [1.29, 1.82) is 0 Å². The molecule has 4 nitrogen and oxygen atoms in total. The summed E-state index contributed by atoms with van der Waals surface area (Å²) >= 11 is 0.